The standard InChI is InChI=1S/C35H22N2/c1-2-10-23(11-3-1)34-26-12-4-6-14-28(26)35(29-15-7-5-13-27(29)34)25-18-20-31-24(22-25)19-21-33-36-30-16-8-9-17-32(30)37(31)33/h1-22H. The minimum absolute atomic E-state index is 0.976. The van der Waals surface area contributed by atoms with E-state index in [9.17, 15) is 0 Å². The van der Waals surface area contributed by atoms with Crippen molar-refractivity contribution in [3.05, 3.63) is 133 Å². The number of aromatic nitrogens is 2. The molecule has 0 aliphatic rings. The number of nitrogens with zero attached hydrogens (tertiary/aromatic N) is 2. The molecule has 0 spiro atoms. The van der Waals surface area contributed by atoms with E-state index in [-0.39, 0.29) is 0 Å². The molecule has 0 N–H and O–H groups in total. The van der Waals surface area contributed by atoms with Gasteiger partial charge in [-0.2, -0.15) is 0 Å². The van der Waals surface area contributed by atoms with Crippen molar-refractivity contribution in [2.75, 3.05) is 0 Å². The van der Waals surface area contributed by atoms with Crippen LogP contribution >= 0.6 is 0 Å². The van der Waals surface area contributed by atoms with Crippen LogP contribution in [0.1, 0.15) is 0 Å². The predicted molar refractivity (Wildman–Crippen MR) is 156 cm³/mol. The fourth-order valence-corrected chi connectivity index (χ4v) is 5.98. The largest absolute Gasteiger partial charge is 0.292 e. The molecule has 0 aliphatic carbocycles. The quantitative estimate of drug-likeness (QED) is 0.230. The van der Waals surface area contributed by atoms with Crippen LogP contribution < -0.4 is 0 Å². The maximum absolute atomic E-state index is 4.83. The predicted octanol–water partition coefficient (Wildman–Crippen LogP) is 9.28. The number of benzene rings is 6. The van der Waals surface area contributed by atoms with Crippen molar-refractivity contribution in [1.82, 2.24) is 9.38 Å². The van der Waals surface area contributed by atoms with Gasteiger partial charge in [-0.15, -0.1) is 0 Å². The highest BCUT2D eigenvalue weighted by atomic mass is 15.0. The summed E-state index contributed by atoms with van der Waals surface area (Å²) in [6, 6.07) is 47.9. The van der Waals surface area contributed by atoms with E-state index in [2.05, 4.69) is 132 Å². The van der Waals surface area contributed by atoms with Gasteiger partial charge in [-0.05, 0) is 85.6 Å². The lowest BCUT2D eigenvalue weighted by atomic mass is 9.86. The Morgan fingerprint density at radius 2 is 1.03 bits per heavy atom. The second kappa shape index (κ2) is 7.78. The molecule has 2 aromatic heterocycles. The zero-order valence-corrected chi connectivity index (χ0v) is 20.1. The first kappa shape index (κ1) is 20.3. The average Bonchev–Trinajstić information content (AvgIpc) is 3.35. The van der Waals surface area contributed by atoms with Gasteiger partial charge in [-0.3, -0.25) is 4.40 Å². The maximum Gasteiger partial charge on any atom is 0.138 e. The molecule has 8 aromatic rings. The third kappa shape index (κ3) is 2.96. The SMILES string of the molecule is c1ccc(-c2c3ccccc3c(-c3ccc4c(ccc5nc6ccccc6n54)c3)c3ccccc23)cc1. The van der Waals surface area contributed by atoms with Crippen LogP contribution in [0.2, 0.25) is 0 Å². The van der Waals surface area contributed by atoms with E-state index in [0.717, 1.165) is 16.7 Å². The molecular weight excluding hydrogens is 448 g/mol. The highest BCUT2D eigenvalue weighted by Crippen LogP contribution is 2.44. The molecule has 0 amide bonds. The summed E-state index contributed by atoms with van der Waals surface area (Å²) in [5.74, 6) is 0. The molecule has 8 rings (SSSR count). The number of rotatable bonds is 2. The van der Waals surface area contributed by atoms with E-state index in [1.165, 1.54) is 54.7 Å². The second-order valence-corrected chi connectivity index (χ2v) is 9.61. The van der Waals surface area contributed by atoms with E-state index >= 15 is 0 Å². The number of hydrogen-bond donors (Lipinski definition) is 0. The molecule has 2 heteroatoms. The van der Waals surface area contributed by atoms with Gasteiger partial charge in [0.25, 0.3) is 0 Å². The number of pyridine rings is 1. The minimum Gasteiger partial charge on any atom is -0.292 e. The Morgan fingerprint density at radius 1 is 0.432 bits per heavy atom. The first-order valence-corrected chi connectivity index (χ1v) is 12.7. The summed E-state index contributed by atoms with van der Waals surface area (Å²) in [6.45, 7) is 0. The van der Waals surface area contributed by atoms with Gasteiger partial charge in [0.1, 0.15) is 5.65 Å². The van der Waals surface area contributed by atoms with Gasteiger partial charge in [0.05, 0.1) is 16.6 Å². The molecule has 0 unspecified atom stereocenters. The van der Waals surface area contributed by atoms with Crippen molar-refractivity contribution >= 4 is 49.1 Å². The van der Waals surface area contributed by atoms with Crippen LogP contribution in [0.25, 0.3) is 71.4 Å². The van der Waals surface area contributed by atoms with Gasteiger partial charge in [0.15, 0.2) is 0 Å². The molecule has 0 radical (unpaired) electrons. The van der Waals surface area contributed by atoms with Gasteiger partial charge < -0.3 is 0 Å². The Bertz CT molecular complexity index is 2080. The average molecular weight is 471 g/mol. The fraction of sp³-hybridized carbons (Fsp3) is 0. The normalized spacial score (nSPS) is 11.8. The Morgan fingerprint density at radius 3 is 1.73 bits per heavy atom. The summed E-state index contributed by atoms with van der Waals surface area (Å²) < 4.78 is 2.27. The van der Waals surface area contributed by atoms with E-state index in [4.69, 9.17) is 4.98 Å². The summed E-state index contributed by atoms with van der Waals surface area (Å²) in [5, 5.41) is 6.30. The van der Waals surface area contributed by atoms with E-state index in [1.807, 2.05) is 6.07 Å². The second-order valence-electron chi connectivity index (χ2n) is 9.61. The van der Waals surface area contributed by atoms with Crippen LogP contribution in [-0.2, 0) is 0 Å². The Kier molecular flexibility index (Phi) is 4.26. The monoisotopic (exact) mass is 470 g/mol. The molecule has 2 heterocycles. The van der Waals surface area contributed by atoms with E-state index in [0.29, 0.717) is 0 Å². The summed E-state index contributed by atoms with van der Waals surface area (Å²) in [7, 11) is 0. The van der Waals surface area contributed by atoms with Crippen LogP contribution in [0.4, 0.5) is 0 Å². The minimum atomic E-state index is 0.976. The third-order valence-corrected chi connectivity index (χ3v) is 7.55. The first-order chi connectivity index (χ1) is 18.4. The summed E-state index contributed by atoms with van der Waals surface area (Å²) in [4.78, 5) is 4.83. The number of fused-ring (bicyclic) bond motifs is 7. The van der Waals surface area contributed by atoms with Crippen molar-refractivity contribution in [3.8, 4) is 22.3 Å². The highest BCUT2D eigenvalue weighted by Gasteiger charge is 2.17. The number of para-hydroxylation sites is 2. The molecule has 0 saturated heterocycles. The van der Waals surface area contributed by atoms with E-state index in [1.54, 1.807) is 0 Å². The van der Waals surface area contributed by atoms with Crippen molar-refractivity contribution in [2.24, 2.45) is 0 Å². The number of imidazole rings is 1. The molecule has 172 valence electrons. The molecular formula is C35H22N2. The van der Waals surface area contributed by atoms with Crippen LogP contribution in [0, 0.1) is 0 Å². The maximum atomic E-state index is 4.83. The molecule has 0 saturated carbocycles. The van der Waals surface area contributed by atoms with Crippen molar-refractivity contribution in [3.63, 3.8) is 0 Å². The van der Waals surface area contributed by atoms with E-state index < -0.39 is 0 Å². The number of hydrogen-bond acceptors (Lipinski definition) is 1. The first-order valence-electron chi connectivity index (χ1n) is 12.7. The topological polar surface area (TPSA) is 17.3 Å². The van der Waals surface area contributed by atoms with Crippen LogP contribution in [0.15, 0.2) is 133 Å². The Hall–Kier alpha value is -4.95. The molecule has 0 bridgehead atoms. The zero-order valence-electron chi connectivity index (χ0n) is 20.1. The lowest BCUT2D eigenvalue weighted by Crippen LogP contribution is -1.92. The Labute approximate surface area is 214 Å². The van der Waals surface area contributed by atoms with Gasteiger partial charge in [-0.1, -0.05) is 97.1 Å². The van der Waals surface area contributed by atoms with Crippen LogP contribution in [0.3, 0.4) is 0 Å². The van der Waals surface area contributed by atoms with Gasteiger partial charge >= 0.3 is 0 Å². The lowest BCUT2D eigenvalue weighted by molar-refractivity contribution is 1.30. The zero-order chi connectivity index (χ0) is 24.3. The van der Waals surface area contributed by atoms with Gasteiger partial charge in [0.2, 0.25) is 0 Å². The molecule has 0 fully saturated rings. The van der Waals surface area contributed by atoms with Crippen LogP contribution in [0.5, 0.6) is 0 Å². The van der Waals surface area contributed by atoms with Crippen molar-refractivity contribution in [1.29, 1.82) is 0 Å². The molecule has 2 nitrogen and oxygen atoms in total. The summed E-state index contributed by atoms with van der Waals surface area (Å²) in [5.41, 5.74) is 9.35. The van der Waals surface area contributed by atoms with Crippen LogP contribution in [-0.4, -0.2) is 9.38 Å². The fourth-order valence-electron chi connectivity index (χ4n) is 5.98. The van der Waals surface area contributed by atoms with Gasteiger partial charge in [0, 0.05) is 0 Å². The smallest absolute Gasteiger partial charge is 0.138 e. The van der Waals surface area contributed by atoms with Gasteiger partial charge in [-0.25, -0.2) is 4.98 Å². The molecule has 6 aromatic carbocycles. The van der Waals surface area contributed by atoms with Crippen molar-refractivity contribution < 1.29 is 0 Å². The summed E-state index contributed by atoms with van der Waals surface area (Å²) in [6.07, 6.45) is 0. The Balaban J connectivity index is 1.47. The molecule has 0 aliphatic heterocycles. The third-order valence-electron chi connectivity index (χ3n) is 7.55. The molecule has 37 heavy (non-hydrogen) atoms. The lowest BCUT2D eigenvalue weighted by Gasteiger charge is -2.18. The highest BCUT2D eigenvalue weighted by molar-refractivity contribution is 6.21. The summed E-state index contributed by atoms with van der Waals surface area (Å²) >= 11 is 0. The van der Waals surface area contributed by atoms with Crippen molar-refractivity contribution in [2.45, 2.75) is 0 Å². The molecule has 0 atom stereocenters.